The Hall–Kier alpha value is -1.13. The summed E-state index contributed by atoms with van der Waals surface area (Å²) in [7, 11) is 0.419. The van der Waals surface area contributed by atoms with E-state index >= 15 is 0 Å². The zero-order chi connectivity index (χ0) is 15.6. The Morgan fingerprint density at radius 1 is 1.33 bits per heavy atom. The Bertz CT molecular complexity index is 659. The molecule has 0 atom stereocenters. The van der Waals surface area contributed by atoms with E-state index in [0.29, 0.717) is 24.7 Å². The van der Waals surface area contributed by atoms with Crippen LogP contribution < -0.4 is 0 Å². The van der Waals surface area contributed by atoms with E-state index in [1.165, 1.54) is 22.5 Å². The molecule has 1 fully saturated rings. The SMILES string of the molecule is CN(C)C1CCN(S(=O)(=O)c2ccc(C#N)cc2Cl)CC1. The highest BCUT2D eigenvalue weighted by Gasteiger charge is 2.31. The Balaban J connectivity index is 2.22. The Kier molecular flexibility index (Phi) is 4.89. The smallest absolute Gasteiger partial charge is 0.244 e. The van der Waals surface area contributed by atoms with Crippen LogP contribution in [0.1, 0.15) is 18.4 Å². The van der Waals surface area contributed by atoms with Crippen molar-refractivity contribution in [2.45, 2.75) is 23.8 Å². The quantitative estimate of drug-likeness (QED) is 0.851. The fourth-order valence-electron chi connectivity index (χ4n) is 2.52. The number of rotatable bonds is 3. The first-order valence-electron chi connectivity index (χ1n) is 6.72. The van der Waals surface area contributed by atoms with Gasteiger partial charge in [-0.25, -0.2) is 8.42 Å². The number of nitrogens with zero attached hydrogens (tertiary/aromatic N) is 3. The summed E-state index contributed by atoms with van der Waals surface area (Å²) in [6.45, 7) is 0.975. The van der Waals surface area contributed by atoms with Gasteiger partial charge in [-0.3, -0.25) is 0 Å². The molecule has 0 unspecified atom stereocenters. The number of benzene rings is 1. The minimum absolute atomic E-state index is 0.0754. The van der Waals surface area contributed by atoms with Gasteiger partial charge in [0.25, 0.3) is 0 Å². The second-order valence-corrected chi connectivity index (χ2v) is 7.67. The van der Waals surface area contributed by atoms with Gasteiger partial charge in [-0.05, 0) is 45.1 Å². The highest BCUT2D eigenvalue weighted by Crippen LogP contribution is 2.28. The Morgan fingerprint density at radius 2 is 1.95 bits per heavy atom. The lowest BCUT2D eigenvalue weighted by Crippen LogP contribution is -2.44. The van der Waals surface area contributed by atoms with Crippen LogP contribution >= 0.6 is 11.6 Å². The second-order valence-electron chi connectivity index (χ2n) is 5.36. The van der Waals surface area contributed by atoms with E-state index in [4.69, 9.17) is 16.9 Å². The van der Waals surface area contributed by atoms with Crippen LogP contribution in [0, 0.1) is 11.3 Å². The maximum atomic E-state index is 12.6. The third-order valence-corrected chi connectivity index (χ3v) is 6.21. The molecule has 2 rings (SSSR count). The first kappa shape index (κ1) is 16.2. The van der Waals surface area contributed by atoms with Crippen molar-refractivity contribution in [3.8, 4) is 6.07 Å². The van der Waals surface area contributed by atoms with E-state index in [1.54, 1.807) is 0 Å². The molecule has 0 radical (unpaired) electrons. The van der Waals surface area contributed by atoms with E-state index in [0.717, 1.165) is 12.8 Å². The summed E-state index contributed by atoms with van der Waals surface area (Å²) in [6, 6.07) is 6.63. The molecular weight excluding hydrogens is 310 g/mol. The van der Waals surface area contributed by atoms with Gasteiger partial charge in [-0.15, -0.1) is 0 Å². The van der Waals surface area contributed by atoms with E-state index in [1.807, 2.05) is 20.2 Å². The lowest BCUT2D eigenvalue weighted by Gasteiger charge is -2.34. The van der Waals surface area contributed by atoms with Gasteiger partial charge in [0.1, 0.15) is 4.90 Å². The molecule has 1 aliphatic heterocycles. The molecule has 0 saturated carbocycles. The molecule has 0 amide bonds. The van der Waals surface area contributed by atoms with Crippen LogP contribution in [-0.2, 0) is 10.0 Å². The topological polar surface area (TPSA) is 64.4 Å². The number of nitriles is 1. The molecule has 7 heteroatoms. The number of hydrogen-bond acceptors (Lipinski definition) is 4. The normalized spacial score (nSPS) is 17.9. The van der Waals surface area contributed by atoms with Crippen LogP contribution in [-0.4, -0.2) is 50.8 Å². The monoisotopic (exact) mass is 327 g/mol. The van der Waals surface area contributed by atoms with Crippen LogP contribution in [0.5, 0.6) is 0 Å². The first-order chi connectivity index (χ1) is 9.86. The molecule has 1 aromatic carbocycles. The minimum Gasteiger partial charge on any atom is -0.306 e. The molecule has 1 aromatic rings. The van der Waals surface area contributed by atoms with E-state index in [9.17, 15) is 8.42 Å². The standard InChI is InChI=1S/C14H18ClN3O2S/c1-17(2)12-5-7-18(8-6-12)21(19,20)14-4-3-11(10-16)9-13(14)15/h3-4,9,12H,5-8H2,1-2H3. The van der Waals surface area contributed by atoms with Crippen molar-refractivity contribution in [3.63, 3.8) is 0 Å². The fourth-order valence-corrected chi connectivity index (χ4v) is 4.51. The van der Waals surface area contributed by atoms with E-state index < -0.39 is 10.0 Å². The third kappa shape index (κ3) is 3.38. The fraction of sp³-hybridized carbons (Fsp3) is 0.500. The molecule has 1 aliphatic rings. The summed E-state index contributed by atoms with van der Waals surface area (Å²) in [6.07, 6.45) is 1.61. The molecule has 0 bridgehead atoms. The van der Waals surface area contributed by atoms with Gasteiger partial charge >= 0.3 is 0 Å². The minimum atomic E-state index is -3.59. The largest absolute Gasteiger partial charge is 0.306 e. The van der Waals surface area contributed by atoms with E-state index in [2.05, 4.69) is 4.90 Å². The third-order valence-electron chi connectivity index (χ3n) is 3.83. The van der Waals surface area contributed by atoms with Crippen molar-refractivity contribution in [1.29, 1.82) is 5.26 Å². The summed E-state index contributed by atoms with van der Waals surface area (Å²) >= 11 is 6.03. The van der Waals surface area contributed by atoms with Gasteiger partial charge in [0.05, 0.1) is 16.7 Å². The lowest BCUT2D eigenvalue weighted by atomic mass is 10.1. The summed E-state index contributed by atoms with van der Waals surface area (Å²) < 4.78 is 26.7. The number of hydrogen-bond donors (Lipinski definition) is 0. The number of sulfonamides is 1. The van der Waals surface area contributed by atoms with Gasteiger partial charge in [0.2, 0.25) is 10.0 Å². The first-order valence-corrected chi connectivity index (χ1v) is 8.54. The number of piperidine rings is 1. The maximum Gasteiger partial charge on any atom is 0.244 e. The maximum absolute atomic E-state index is 12.6. The van der Waals surface area contributed by atoms with Crippen molar-refractivity contribution in [3.05, 3.63) is 28.8 Å². The summed E-state index contributed by atoms with van der Waals surface area (Å²) in [4.78, 5) is 2.20. The van der Waals surface area contributed by atoms with Crippen LogP contribution in [0.4, 0.5) is 0 Å². The van der Waals surface area contributed by atoms with Crippen molar-refractivity contribution >= 4 is 21.6 Å². The van der Waals surface area contributed by atoms with Gasteiger partial charge in [0.15, 0.2) is 0 Å². The summed E-state index contributed by atoms with van der Waals surface area (Å²) in [5.41, 5.74) is 0.352. The van der Waals surface area contributed by atoms with Gasteiger partial charge in [-0.2, -0.15) is 9.57 Å². The van der Waals surface area contributed by atoms with Crippen molar-refractivity contribution in [2.75, 3.05) is 27.2 Å². The molecule has 21 heavy (non-hydrogen) atoms. The van der Waals surface area contributed by atoms with Crippen LogP contribution in [0.3, 0.4) is 0 Å². The highest BCUT2D eigenvalue weighted by atomic mass is 35.5. The zero-order valence-corrected chi connectivity index (χ0v) is 13.7. The van der Waals surface area contributed by atoms with Gasteiger partial charge in [-0.1, -0.05) is 11.6 Å². The van der Waals surface area contributed by atoms with Crippen LogP contribution in [0.25, 0.3) is 0 Å². The molecule has 0 spiro atoms. The lowest BCUT2D eigenvalue weighted by molar-refractivity contribution is 0.196. The average Bonchev–Trinajstić information content (AvgIpc) is 2.46. The highest BCUT2D eigenvalue weighted by molar-refractivity contribution is 7.89. The van der Waals surface area contributed by atoms with Crippen LogP contribution in [0.15, 0.2) is 23.1 Å². The summed E-state index contributed by atoms with van der Waals surface area (Å²) in [5.74, 6) is 0. The summed E-state index contributed by atoms with van der Waals surface area (Å²) in [5, 5.41) is 8.91. The molecule has 1 heterocycles. The van der Waals surface area contributed by atoms with Crippen molar-refractivity contribution in [1.82, 2.24) is 9.21 Å². The zero-order valence-electron chi connectivity index (χ0n) is 12.1. The Labute approximate surface area is 130 Å². The molecule has 0 N–H and O–H groups in total. The Morgan fingerprint density at radius 3 is 2.43 bits per heavy atom. The van der Waals surface area contributed by atoms with Gasteiger partial charge in [0, 0.05) is 19.1 Å². The molecule has 0 aliphatic carbocycles. The molecule has 1 saturated heterocycles. The van der Waals surface area contributed by atoms with Crippen LogP contribution in [0.2, 0.25) is 5.02 Å². The molecule has 5 nitrogen and oxygen atoms in total. The van der Waals surface area contributed by atoms with Crippen molar-refractivity contribution < 1.29 is 8.42 Å². The van der Waals surface area contributed by atoms with Crippen molar-refractivity contribution in [2.24, 2.45) is 0 Å². The molecule has 0 aromatic heterocycles. The van der Waals surface area contributed by atoms with Gasteiger partial charge < -0.3 is 4.90 Å². The number of halogens is 1. The van der Waals surface area contributed by atoms with E-state index in [-0.39, 0.29) is 9.92 Å². The second kappa shape index (κ2) is 6.32. The predicted molar refractivity (Wildman–Crippen MR) is 81.6 cm³/mol. The average molecular weight is 328 g/mol. The molecule has 114 valence electrons. The molecular formula is C14H18ClN3O2S. The predicted octanol–water partition coefficient (Wildman–Crippen LogP) is 1.93.